The second kappa shape index (κ2) is 5.91. The van der Waals surface area contributed by atoms with E-state index in [1.54, 1.807) is 10.9 Å². The zero-order chi connectivity index (χ0) is 14.7. The Hall–Kier alpha value is -2.43. The Morgan fingerprint density at radius 1 is 1.24 bits per heavy atom. The Labute approximate surface area is 122 Å². The summed E-state index contributed by atoms with van der Waals surface area (Å²) < 4.78 is 6.91. The number of hydrogen-bond acceptors (Lipinski definition) is 4. The van der Waals surface area contributed by atoms with Crippen LogP contribution < -0.4 is 0 Å². The third kappa shape index (κ3) is 3.02. The highest BCUT2D eigenvalue weighted by atomic mass is 16.5. The molecule has 0 radical (unpaired) electrons. The van der Waals surface area contributed by atoms with Crippen molar-refractivity contribution >= 4 is 11.8 Å². The van der Waals surface area contributed by atoms with E-state index in [1.807, 2.05) is 30.3 Å². The van der Waals surface area contributed by atoms with Crippen molar-refractivity contribution in [2.45, 2.75) is 31.8 Å². The molecule has 0 N–H and O–H groups in total. The van der Waals surface area contributed by atoms with Crippen molar-refractivity contribution < 1.29 is 14.3 Å². The molecule has 0 aliphatic heterocycles. The van der Waals surface area contributed by atoms with Gasteiger partial charge in [-0.1, -0.05) is 18.2 Å². The molecule has 1 atom stereocenters. The van der Waals surface area contributed by atoms with Crippen molar-refractivity contribution in [3.63, 3.8) is 0 Å². The summed E-state index contributed by atoms with van der Waals surface area (Å²) in [4.78, 5) is 23.8. The van der Waals surface area contributed by atoms with E-state index in [0.29, 0.717) is 18.4 Å². The van der Waals surface area contributed by atoms with Crippen molar-refractivity contribution in [3.8, 4) is 5.69 Å². The zero-order valence-corrected chi connectivity index (χ0v) is 11.6. The lowest BCUT2D eigenvalue weighted by molar-refractivity contribution is -0.129. The first-order valence-electron chi connectivity index (χ1n) is 7.08. The van der Waals surface area contributed by atoms with Gasteiger partial charge in [0.05, 0.1) is 17.4 Å². The number of hydrogen-bond donors (Lipinski definition) is 0. The van der Waals surface area contributed by atoms with Gasteiger partial charge in [-0.25, -0.2) is 9.48 Å². The van der Waals surface area contributed by atoms with Crippen LogP contribution in [0.4, 0.5) is 0 Å². The van der Waals surface area contributed by atoms with Crippen LogP contribution in [-0.4, -0.2) is 27.6 Å². The molecule has 0 bridgehead atoms. The van der Waals surface area contributed by atoms with Gasteiger partial charge in [0.15, 0.2) is 11.9 Å². The Balaban J connectivity index is 1.71. The number of para-hydroxylation sites is 1. The predicted molar refractivity (Wildman–Crippen MR) is 76.2 cm³/mol. The molecule has 1 aliphatic rings. The van der Waals surface area contributed by atoms with E-state index in [0.717, 1.165) is 18.5 Å². The van der Waals surface area contributed by atoms with Crippen LogP contribution in [-0.2, 0) is 9.53 Å². The minimum absolute atomic E-state index is 0.0186. The summed E-state index contributed by atoms with van der Waals surface area (Å²) in [5.74, 6) is -0.470. The highest BCUT2D eigenvalue weighted by Gasteiger charge is 2.26. The van der Waals surface area contributed by atoms with Crippen LogP contribution in [0.15, 0.2) is 42.7 Å². The molecule has 1 saturated carbocycles. The van der Waals surface area contributed by atoms with Crippen molar-refractivity contribution in [2.24, 2.45) is 0 Å². The Kier molecular flexibility index (Phi) is 3.81. The van der Waals surface area contributed by atoms with Gasteiger partial charge in [0.2, 0.25) is 0 Å². The second-order valence-electron chi connectivity index (χ2n) is 5.12. The fourth-order valence-electron chi connectivity index (χ4n) is 2.42. The Morgan fingerprint density at radius 3 is 2.81 bits per heavy atom. The molecule has 5 heteroatoms. The first-order valence-corrected chi connectivity index (χ1v) is 7.08. The Bertz CT molecular complexity index is 649. The quantitative estimate of drug-likeness (QED) is 0.813. The summed E-state index contributed by atoms with van der Waals surface area (Å²) in [6, 6.07) is 9.50. The summed E-state index contributed by atoms with van der Waals surface area (Å²) in [5, 5.41) is 4.15. The molecule has 0 amide bonds. The molecule has 2 aromatic rings. The number of benzene rings is 1. The fourth-order valence-corrected chi connectivity index (χ4v) is 2.42. The molecule has 1 aromatic carbocycles. The number of rotatable bonds is 3. The smallest absolute Gasteiger partial charge is 0.342 e. The number of carbonyl (C=O) groups excluding carboxylic acids is 2. The summed E-state index contributed by atoms with van der Waals surface area (Å²) >= 11 is 0. The topological polar surface area (TPSA) is 61.2 Å². The number of Topliss-reactive ketones (excluding diaryl/α,β-unsaturated/α-hetero) is 1. The molecule has 21 heavy (non-hydrogen) atoms. The van der Waals surface area contributed by atoms with E-state index in [4.69, 9.17) is 4.74 Å². The second-order valence-corrected chi connectivity index (χ2v) is 5.12. The largest absolute Gasteiger partial charge is 0.451 e. The summed E-state index contributed by atoms with van der Waals surface area (Å²) in [7, 11) is 0. The number of carbonyl (C=O) groups is 2. The van der Waals surface area contributed by atoms with Crippen molar-refractivity contribution in [3.05, 3.63) is 48.3 Å². The van der Waals surface area contributed by atoms with E-state index in [9.17, 15) is 9.59 Å². The van der Waals surface area contributed by atoms with Crippen molar-refractivity contribution in [1.29, 1.82) is 0 Å². The summed E-state index contributed by atoms with van der Waals surface area (Å²) in [5.41, 5.74) is 1.22. The van der Waals surface area contributed by atoms with E-state index >= 15 is 0 Å². The van der Waals surface area contributed by atoms with E-state index < -0.39 is 12.1 Å². The maximum atomic E-state index is 12.1. The maximum absolute atomic E-state index is 12.1. The average molecular weight is 284 g/mol. The molecule has 0 unspecified atom stereocenters. The molecule has 108 valence electrons. The Morgan fingerprint density at radius 2 is 2.05 bits per heavy atom. The van der Waals surface area contributed by atoms with Gasteiger partial charge in [0.25, 0.3) is 0 Å². The standard InChI is InChI=1S/C16H16N2O3/c19-14-8-4-5-9-15(14)21-16(20)12-10-17-18(11-12)13-6-2-1-3-7-13/h1-3,6-7,10-11,15H,4-5,8-9H2/t15-/m1/s1. The SMILES string of the molecule is O=C(O[C@@H]1CCCCC1=O)c1cnn(-c2ccccc2)c1. The number of ether oxygens (including phenoxy) is 1. The van der Waals surface area contributed by atoms with Crippen LogP contribution in [0.25, 0.3) is 5.69 Å². The van der Waals surface area contributed by atoms with Gasteiger partial charge in [-0.2, -0.15) is 5.10 Å². The molecule has 1 aromatic heterocycles. The van der Waals surface area contributed by atoms with Gasteiger partial charge in [-0.15, -0.1) is 0 Å². The van der Waals surface area contributed by atoms with E-state index in [-0.39, 0.29) is 5.78 Å². The minimum atomic E-state index is -0.591. The maximum Gasteiger partial charge on any atom is 0.342 e. The zero-order valence-electron chi connectivity index (χ0n) is 11.6. The number of esters is 1. The average Bonchev–Trinajstić information content (AvgIpc) is 3.00. The molecule has 0 saturated heterocycles. The van der Waals surface area contributed by atoms with Gasteiger partial charge < -0.3 is 4.74 Å². The van der Waals surface area contributed by atoms with E-state index in [1.165, 1.54) is 6.20 Å². The van der Waals surface area contributed by atoms with Crippen LogP contribution in [0.2, 0.25) is 0 Å². The van der Waals surface area contributed by atoms with Gasteiger partial charge >= 0.3 is 5.97 Å². The lowest BCUT2D eigenvalue weighted by Gasteiger charge is -2.20. The molecular weight excluding hydrogens is 268 g/mol. The number of ketones is 1. The van der Waals surface area contributed by atoms with E-state index in [2.05, 4.69) is 5.10 Å². The molecule has 1 fully saturated rings. The van der Waals surface area contributed by atoms with Crippen molar-refractivity contribution in [2.75, 3.05) is 0 Å². The minimum Gasteiger partial charge on any atom is -0.451 e. The first kappa shape index (κ1) is 13.5. The van der Waals surface area contributed by atoms with Crippen molar-refractivity contribution in [1.82, 2.24) is 9.78 Å². The van der Waals surface area contributed by atoms with Gasteiger partial charge in [0, 0.05) is 12.6 Å². The highest BCUT2D eigenvalue weighted by molar-refractivity contribution is 5.92. The van der Waals surface area contributed by atoms with Gasteiger partial charge in [-0.05, 0) is 31.4 Å². The molecule has 5 nitrogen and oxygen atoms in total. The third-order valence-electron chi connectivity index (χ3n) is 3.59. The van der Waals surface area contributed by atoms with Crippen LogP contribution in [0, 0.1) is 0 Å². The molecule has 3 rings (SSSR count). The number of nitrogens with zero attached hydrogens (tertiary/aromatic N) is 2. The van der Waals surface area contributed by atoms with Crippen LogP contribution in [0.3, 0.4) is 0 Å². The van der Waals surface area contributed by atoms with Crippen LogP contribution in [0.5, 0.6) is 0 Å². The van der Waals surface area contributed by atoms with Gasteiger partial charge in [-0.3, -0.25) is 4.79 Å². The fraction of sp³-hybridized carbons (Fsp3) is 0.312. The third-order valence-corrected chi connectivity index (χ3v) is 3.59. The normalized spacial score (nSPS) is 18.5. The number of aromatic nitrogens is 2. The molecule has 0 spiro atoms. The monoisotopic (exact) mass is 284 g/mol. The van der Waals surface area contributed by atoms with Crippen LogP contribution in [0.1, 0.15) is 36.0 Å². The molecular formula is C16H16N2O3. The highest BCUT2D eigenvalue weighted by Crippen LogP contribution is 2.19. The lowest BCUT2D eigenvalue weighted by Crippen LogP contribution is -2.30. The summed E-state index contributed by atoms with van der Waals surface area (Å²) in [6.07, 6.45) is 5.42. The molecule has 1 aliphatic carbocycles. The molecule has 1 heterocycles. The summed E-state index contributed by atoms with van der Waals surface area (Å²) in [6.45, 7) is 0. The first-order chi connectivity index (χ1) is 10.2. The van der Waals surface area contributed by atoms with Gasteiger partial charge in [0.1, 0.15) is 0 Å². The lowest BCUT2D eigenvalue weighted by atomic mass is 9.96. The predicted octanol–water partition coefficient (Wildman–Crippen LogP) is 2.54. The van der Waals surface area contributed by atoms with Crippen LogP contribution >= 0.6 is 0 Å².